The molecule has 0 radical (unpaired) electrons. The first kappa shape index (κ1) is 18.8. The Bertz CT molecular complexity index is 814. The number of phenols is 1. The van der Waals surface area contributed by atoms with Gasteiger partial charge < -0.3 is 19.6 Å². The summed E-state index contributed by atoms with van der Waals surface area (Å²) < 4.78 is 5.29. The number of rotatable bonds is 4. The maximum Gasteiger partial charge on any atom is 0.342 e. The number of aromatic hydroxyl groups is 1. The van der Waals surface area contributed by atoms with Gasteiger partial charge in [0.25, 0.3) is 5.91 Å². The highest BCUT2D eigenvalue weighted by atomic mass is 16.5. The number of hydrogen-bond acceptors (Lipinski definition) is 5. The molecule has 6 heteroatoms. The van der Waals surface area contributed by atoms with Gasteiger partial charge in [-0.1, -0.05) is 29.8 Å². The molecule has 1 aliphatic heterocycles. The zero-order valence-corrected chi connectivity index (χ0v) is 15.6. The highest BCUT2D eigenvalue weighted by Gasteiger charge is 2.28. The fourth-order valence-corrected chi connectivity index (χ4v) is 3.17. The molecular formula is C21H24N2O4. The number of amides is 1. The Hall–Kier alpha value is -3.02. The lowest BCUT2D eigenvalue weighted by Crippen LogP contribution is -2.51. The Balaban J connectivity index is 1.56. The number of phenolic OH excluding ortho intramolecular Hbond substituents is 1. The minimum atomic E-state index is -0.902. The summed E-state index contributed by atoms with van der Waals surface area (Å²) in [6, 6.07) is 14.8. The van der Waals surface area contributed by atoms with Crippen molar-refractivity contribution in [3.05, 3.63) is 59.7 Å². The molecule has 1 aliphatic rings. The number of ether oxygens (including phenoxy) is 1. The van der Waals surface area contributed by atoms with Gasteiger partial charge in [-0.2, -0.15) is 0 Å². The van der Waals surface area contributed by atoms with Gasteiger partial charge in [0.05, 0.1) is 0 Å². The van der Waals surface area contributed by atoms with Crippen molar-refractivity contribution in [2.24, 2.45) is 0 Å². The van der Waals surface area contributed by atoms with E-state index < -0.39 is 12.1 Å². The molecule has 2 aromatic rings. The van der Waals surface area contributed by atoms with E-state index >= 15 is 0 Å². The molecule has 1 heterocycles. The second kappa shape index (κ2) is 8.12. The van der Waals surface area contributed by atoms with Crippen LogP contribution in [0.3, 0.4) is 0 Å². The number of carbonyl (C=O) groups is 2. The molecule has 3 rings (SSSR count). The molecule has 1 fully saturated rings. The molecule has 1 saturated heterocycles. The van der Waals surface area contributed by atoms with Crippen LogP contribution in [0.2, 0.25) is 0 Å². The monoisotopic (exact) mass is 368 g/mol. The topological polar surface area (TPSA) is 70.1 Å². The third kappa shape index (κ3) is 4.39. The molecule has 0 aliphatic carbocycles. The van der Waals surface area contributed by atoms with Gasteiger partial charge in [-0.25, -0.2) is 4.79 Å². The molecule has 0 unspecified atom stereocenters. The summed E-state index contributed by atoms with van der Waals surface area (Å²) in [5.74, 6) is -1.06. The lowest BCUT2D eigenvalue weighted by molar-refractivity contribution is -0.140. The van der Waals surface area contributed by atoms with Crippen molar-refractivity contribution in [1.82, 2.24) is 4.90 Å². The van der Waals surface area contributed by atoms with Gasteiger partial charge in [0.15, 0.2) is 6.10 Å². The number of piperazine rings is 1. The minimum Gasteiger partial charge on any atom is -0.507 e. The standard InChI is InChI=1S/C21H24N2O4/c1-15-8-9-19(24)18(14-15)21(26)27-16(2)20(25)23-12-10-22(11-13-23)17-6-4-3-5-7-17/h3-9,14,16,24H,10-13H2,1-2H3/t16-/m0/s1. The van der Waals surface area contributed by atoms with Crippen LogP contribution in [0.15, 0.2) is 48.5 Å². The molecule has 0 spiro atoms. The smallest absolute Gasteiger partial charge is 0.342 e. The Morgan fingerprint density at radius 1 is 1.04 bits per heavy atom. The number of carbonyl (C=O) groups excluding carboxylic acids is 2. The first-order valence-electron chi connectivity index (χ1n) is 9.05. The maximum atomic E-state index is 12.6. The van der Waals surface area contributed by atoms with E-state index in [1.54, 1.807) is 24.0 Å². The van der Waals surface area contributed by atoms with Crippen molar-refractivity contribution in [3.8, 4) is 5.75 Å². The van der Waals surface area contributed by atoms with Gasteiger partial charge in [-0.05, 0) is 38.1 Å². The van der Waals surface area contributed by atoms with E-state index in [0.29, 0.717) is 13.1 Å². The van der Waals surface area contributed by atoms with Gasteiger partial charge in [-0.3, -0.25) is 4.79 Å². The van der Waals surface area contributed by atoms with Gasteiger partial charge in [0.2, 0.25) is 0 Å². The van der Waals surface area contributed by atoms with E-state index in [1.807, 2.05) is 25.1 Å². The zero-order chi connectivity index (χ0) is 19.4. The van der Waals surface area contributed by atoms with Crippen LogP contribution in [-0.2, 0) is 9.53 Å². The lowest BCUT2D eigenvalue weighted by Gasteiger charge is -2.37. The SMILES string of the molecule is Cc1ccc(O)c(C(=O)O[C@@H](C)C(=O)N2CCN(c3ccccc3)CC2)c1. The number of esters is 1. The summed E-state index contributed by atoms with van der Waals surface area (Å²) in [5, 5.41) is 9.84. The van der Waals surface area contributed by atoms with Crippen LogP contribution in [0.25, 0.3) is 0 Å². The van der Waals surface area contributed by atoms with E-state index in [4.69, 9.17) is 4.74 Å². The van der Waals surface area contributed by atoms with Crippen LogP contribution >= 0.6 is 0 Å². The second-order valence-corrected chi connectivity index (χ2v) is 6.72. The summed E-state index contributed by atoms with van der Waals surface area (Å²) in [5.41, 5.74) is 2.04. The van der Waals surface area contributed by atoms with Crippen LogP contribution in [0.4, 0.5) is 5.69 Å². The predicted octanol–water partition coefficient (Wildman–Crippen LogP) is 2.59. The molecule has 0 bridgehead atoms. The Morgan fingerprint density at radius 3 is 2.37 bits per heavy atom. The average Bonchev–Trinajstić information content (AvgIpc) is 2.70. The number of anilines is 1. The third-order valence-corrected chi connectivity index (χ3v) is 4.72. The molecular weight excluding hydrogens is 344 g/mol. The molecule has 1 N–H and O–H groups in total. The van der Waals surface area contributed by atoms with Gasteiger partial charge in [0.1, 0.15) is 11.3 Å². The lowest BCUT2D eigenvalue weighted by atomic mass is 10.1. The van der Waals surface area contributed by atoms with E-state index in [9.17, 15) is 14.7 Å². The van der Waals surface area contributed by atoms with Crippen molar-refractivity contribution in [3.63, 3.8) is 0 Å². The van der Waals surface area contributed by atoms with E-state index in [0.717, 1.165) is 24.3 Å². The van der Waals surface area contributed by atoms with E-state index in [2.05, 4.69) is 17.0 Å². The van der Waals surface area contributed by atoms with Crippen molar-refractivity contribution >= 4 is 17.6 Å². The fraction of sp³-hybridized carbons (Fsp3) is 0.333. The molecule has 1 amide bonds. The number of benzene rings is 2. The molecule has 27 heavy (non-hydrogen) atoms. The fourth-order valence-electron chi connectivity index (χ4n) is 3.17. The minimum absolute atomic E-state index is 0.0727. The second-order valence-electron chi connectivity index (χ2n) is 6.72. The quantitative estimate of drug-likeness (QED) is 0.840. The molecule has 0 saturated carbocycles. The highest BCUT2D eigenvalue weighted by Crippen LogP contribution is 2.20. The van der Waals surface area contributed by atoms with Gasteiger partial charge >= 0.3 is 5.97 Å². The van der Waals surface area contributed by atoms with Crippen molar-refractivity contribution in [2.45, 2.75) is 20.0 Å². The summed E-state index contributed by atoms with van der Waals surface area (Å²) in [7, 11) is 0. The first-order valence-corrected chi connectivity index (χ1v) is 9.05. The summed E-state index contributed by atoms with van der Waals surface area (Å²) >= 11 is 0. The molecule has 6 nitrogen and oxygen atoms in total. The van der Waals surface area contributed by atoms with Crippen molar-refractivity contribution in [1.29, 1.82) is 0 Å². The summed E-state index contributed by atoms with van der Waals surface area (Å²) in [6.07, 6.45) is -0.902. The maximum absolute atomic E-state index is 12.6. The molecule has 2 aromatic carbocycles. The Kier molecular flexibility index (Phi) is 5.64. The van der Waals surface area contributed by atoms with Crippen LogP contribution in [0.5, 0.6) is 5.75 Å². The zero-order valence-electron chi connectivity index (χ0n) is 15.6. The number of para-hydroxylation sites is 1. The van der Waals surface area contributed by atoms with Crippen LogP contribution in [0, 0.1) is 6.92 Å². The average molecular weight is 368 g/mol. The van der Waals surface area contributed by atoms with E-state index in [1.165, 1.54) is 6.07 Å². The van der Waals surface area contributed by atoms with Crippen LogP contribution < -0.4 is 4.90 Å². The molecule has 142 valence electrons. The predicted molar refractivity (Wildman–Crippen MR) is 103 cm³/mol. The number of hydrogen-bond donors (Lipinski definition) is 1. The Morgan fingerprint density at radius 2 is 1.70 bits per heavy atom. The van der Waals surface area contributed by atoms with Crippen LogP contribution in [0.1, 0.15) is 22.8 Å². The third-order valence-electron chi connectivity index (χ3n) is 4.72. The van der Waals surface area contributed by atoms with E-state index in [-0.39, 0.29) is 17.2 Å². The number of aryl methyl sites for hydroxylation is 1. The highest BCUT2D eigenvalue weighted by molar-refractivity contribution is 5.94. The molecule has 0 aromatic heterocycles. The van der Waals surface area contributed by atoms with Gasteiger partial charge in [0, 0.05) is 31.9 Å². The molecule has 1 atom stereocenters. The Labute approximate surface area is 159 Å². The summed E-state index contributed by atoms with van der Waals surface area (Å²) in [6.45, 7) is 5.99. The van der Waals surface area contributed by atoms with Crippen LogP contribution in [-0.4, -0.2) is 54.2 Å². The van der Waals surface area contributed by atoms with Crippen molar-refractivity contribution in [2.75, 3.05) is 31.1 Å². The summed E-state index contributed by atoms with van der Waals surface area (Å²) in [4.78, 5) is 28.9. The van der Waals surface area contributed by atoms with Crippen molar-refractivity contribution < 1.29 is 19.4 Å². The largest absolute Gasteiger partial charge is 0.507 e. The first-order chi connectivity index (χ1) is 13.0. The number of nitrogens with zero attached hydrogens (tertiary/aromatic N) is 2. The normalized spacial score (nSPS) is 15.3. The van der Waals surface area contributed by atoms with Gasteiger partial charge in [-0.15, -0.1) is 0 Å².